The molecule has 0 radical (unpaired) electrons. The van der Waals surface area contributed by atoms with Crippen LogP contribution in [0.4, 0.5) is 5.69 Å². The number of hydrogen-bond acceptors (Lipinski definition) is 2. The molecule has 0 aliphatic heterocycles. The molecule has 0 atom stereocenters. The monoisotopic (exact) mass is 331 g/mol. The molecule has 4 heteroatoms. The minimum atomic E-state index is 0.0313. The molecule has 2 nitrogen and oxygen atoms in total. The van der Waals surface area contributed by atoms with Crippen molar-refractivity contribution in [2.45, 2.75) is 13.5 Å². The summed E-state index contributed by atoms with van der Waals surface area (Å²) in [5, 5.41) is 16.5. The van der Waals surface area contributed by atoms with Gasteiger partial charge in [-0.1, -0.05) is 65.7 Å². The summed E-state index contributed by atoms with van der Waals surface area (Å²) in [7, 11) is 0. The summed E-state index contributed by atoms with van der Waals surface area (Å²) in [6.45, 7) is 2.35. The van der Waals surface area contributed by atoms with Gasteiger partial charge in [0, 0.05) is 11.6 Å². The number of benzene rings is 3. The van der Waals surface area contributed by atoms with Crippen molar-refractivity contribution in [3.63, 3.8) is 0 Å². The van der Waals surface area contributed by atoms with Gasteiger partial charge in [-0.3, -0.25) is 0 Å². The van der Waals surface area contributed by atoms with Crippen LogP contribution in [0.3, 0.4) is 0 Å². The van der Waals surface area contributed by atoms with E-state index in [1.54, 1.807) is 13.0 Å². The van der Waals surface area contributed by atoms with Gasteiger partial charge < -0.3 is 10.4 Å². The first-order valence-electron chi connectivity index (χ1n) is 6.96. The number of aromatic hydroxyl groups is 1. The molecule has 22 heavy (non-hydrogen) atoms. The average molecular weight is 332 g/mol. The molecule has 0 aliphatic rings. The zero-order chi connectivity index (χ0) is 15.7. The summed E-state index contributed by atoms with van der Waals surface area (Å²) in [5.74, 6) is 0.0313. The van der Waals surface area contributed by atoms with Crippen LogP contribution in [-0.2, 0) is 6.54 Å². The Morgan fingerprint density at radius 3 is 2.59 bits per heavy atom. The van der Waals surface area contributed by atoms with E-state index in [1.807, 2.05) is 18.2 Å². The molecule has 0 bridgehead atoms. The molecule has 0 unspecified atom stereocenters. The fourth-order valence-corrected chi connectivity index (χ4v) is 2.93. The summed E-state index contributed by atoms with van der Waals surface area (Å²) in [6.07, 6.45) is 0. The number of rotatable bonds is 3. The van der Waals surface area contributed by atoms with E-state index in [1.165, 1.54) is 10.8 Å². The highest BCUT2D eigenvalue weighted by atomic mass is 35.5. The number of phenols is 1. The first-order valence-corrected chi connectivity index (χ1v) is 7.71. The molecule has 0 saturated carbocycles. The van der Waals surface area contributed by atoms with Gasteiger partial charge in [0.1, 0.15) is 0 Å². The van der Waals surface area contributed by atoms with Crippen LogP contribution in [0.2, 0.25) is 10.0 Å². The minimum Gasteiger partial charge on any atom is -0.504 e. The molecule has 0 fully saturated rings. The highest BCUT2D eigenvalue weighted by molar-refractivity contribution is 6.37. The Kier molecular flexibility index (Phi) is 4.14. The van der Waals surface area contributed by atoms with E-state index in [2.05, 4.69) is 29.6 Å². The zero-order valence-electron chi connectivity index (χ0n) is 12.0. The molecule has 3 rings (SSSR count). The van der Waals surface area contributed by atoms with E-state index in [0.717, 1.165) is 5.56 Å². The molecule has 0 aromatic heterocycles. The third-order valence-electron chi connectivity index (χ3n) is 3.77. The zero-order valence-corrected chi connectivity index (χ0v) is 13.5. The van der Waals surface area contributed by atoms with E-state index >= 15 is 0 Å². The van der Waals surface area contributed by atoms with Crippen molar-refractivity contribution in [2.75, 3.05) is 5.32 Å². The number of phenolic OH excluding ortho intramolecular Hbond substituents is 1. The van der Waals surface area contributed by atoms with Gasteiger partial charge in [0.05, 0.1) is 10.7 Å². The molecule has 3 aromatic carbocycles. The van der Waals surface area contributed by atoms with E-state index in [9.17, 15) is 5.11 Å². The van der Waals surface area contributed by atoms with Gasteiger partial charge in [-0.25, -0.2) is 0 Å². The highest BCUT2D eigenvalue weighted by Crippen LogP contribution is 2.39. The number of nitrogens with one attached hydrogen (secondary N) is 1. The normalized spacial score (nSPS) is 10.9. The molecule has 0 amide bonds. The van der Waals surface area contributed by atoms with E-state index in [-0.39, 0.29) is 10.8 Å². The number of hydrogen-bond donors (Lipinski definition) is 2. The maximum absolute atomic E-state index is 10.1. The van der Waals surface area contributed by atoms with Crippen LogP contribution in [0, 0.1) is 6.92 Å². The maximum Gasteiger partial charge on any atom is 0.157 e. The second kappa shape index (κ2) is 6.07. The summed E-state index contributed by atoms with van der Waals surface area (Å²) in [4.78, 5) is 0. The smallest absolute Gasteiger partial charge is 0.157 e. The van der Waals surface area contributed by atoms with Crippen LogP contribution in [0.1, 0.15) is 11.1 Å². The van der Waals surface area contributed by atoms with Crippen molar-refractivity contribution in [1.29, 1.82) is 0 Å². The minimum absolute atomic E-state index is 0.0313. The molecule has 112 valence electrons. The van der Waals surface area contributed by atoms with Crippen LogP contribution >= 0.6 is 23.2 Å². The third-order valence-corrected chi connectivity index (χ3v) is 4.63. The molecular formula is C18H15Cl2NO. The van der Waals surface area contributed by atoms with Crippen molar-refractivity contribution in [1.82, 2.24) is 0 Å². The lowest BCUT2D eigenvalue weighted by Gasteiger charge is -2.13. The quantitative estimate of drug-likeness (QED) is 0.597. The summed E-state index contributed by atoms with van der Waals surface area (Å²) in [5.41, 5.74) is 2.36. The molecular weight excluding hydrogens is 317 g/mol. The van der Waals surface area contributed by atoms with Crippen LogP contribution in [0.25, 0.3) is 10.8 Å². The van der Waals surface area contributed by atoms with Crippen molar-refractivity contribution in [3.05, 3.63) is 69.7 Å². The molecule has 2 N–H and O–H groups in total. The molecule has 0 heterocycles. The summed E-state index contributed by atoms with van der Waals surface area (Å²) in [6, 6.07) is 16.1. The Labute approximate surface area is 139 Å². The maximum atomic E-state index is 10.1. The Hall–Kier alpha value is -1.90. The average Bonchev–Trinajstić information content (AvgIpc) is 2.55. The van der Waals surface area contributed by atoms with Crippen molar-refractivity contribution >= 4 is 39.7 Å². The Morgan fingerprint density at radius 1 is 1.05 bits per heavy atom. The molecule has 0 spiro atoms. The van der Waals surface area contributed by atoms with Gasteiger partial charge in [-0.05, 0) is 34.9 Å². The lowest BCUT2D eigenvalue weighted by molar-refractivity contribution is 0.477. The fraction of sp³-hybridized carbons (Fsp3) is 0.111. The summed E-state index contributed by atoms with van der Waals surface area (Å²) < 4.78 is 0. The fourth-order valence-electron chi connectivity index (χ4n) is 2.48. The second-order valence-corrected chi connectivity index (χ2v) is 5.97. The van der Waals surface area contributed by atoms with Crippen molar-refractivity contribution in [2.24, 2.45) is 0 Å². The lowest BCUT2D eigenvalue weighted by atomic mass is 10.0. The van der Waals surface area contributed by atoms with Crippen molar-refractivity contribution < 1.29 is 5.11 Å². The van der Waals surface area contributed by atoms with Gasteiger partial charge >= 0.3 is 0 Å². The number of halogens is 2. The van der Waals surface area contributed by atoms with E-state index in [0.29, 0.717) is 22.8 Å². The molecule has 3 aromatic rings. The predicted octanol–water partition coefficient (Wildman–Crippen LogP) is 5.77. The van der Waals surface area contributed by atoms with Crippen LogP contribution in [-0.4, -0.2) is 5.11 Å². The predicted molar refractivity (Wildman–Crippen MR) is 94.1 cm³/mol. The lowest BCUT2D eigenvalue weighted by Crippen LogP contribution is -2.01. The third kappa shape index (κ3) is 2.72. The van der Waals surface area contributed by atoms with Crippen molar-refractivity contribution in [3.8, 4) is 5.75 Å². The first-order chi connectivity index (χ1) is 10.6. The summed E-state index contributed by atoms with van der Waals surface area (Å²) >= 11 is 12.2. The standard InChI is InChI=1S/C18H15Cl2NO/c1-11-15(19)9-16(18(22)17(11)20)21-10-13-7-4-6-12-5-2-3-8-14(12)13/h2-9,21-22H,10H2,1H3. The van der Waals surface area contributed by atoms with Gasteiger partial charge in [-0.15, -0.1) is 0 Å². The van der Waals surface area contributed by atoms with Crippen LogP contribution in [0.5, 0.6) is 5.75 Å². The van der Waals surface area contributed by atoms with Crippen LogP contribution < -0.4 is 5.32 Å². The largest absolute Gasteiger partial charge is 0.504 e. The Morgan fingerprint density at radius 2 is 1.77 bits per heavy atom. The SMILES string of the molecule is Cc1c(Cl)cc(NCc2cccc3ccccc23)c(O)c1Cl. The van der Waals surface area contributed by atoms with Gasteiger partial charge in [0.25, 0.3) is 0 Å². The van der Waals surface area contributed by atoms with E-state index in [4.69, 9.17) is 23.2 Å². The Bertz CT molecular complexity index is 841. The first kappa shape index (κ1) is 15.0. The molecule has 0 saturated heterocycles. The van der Waals surface area contributed by atoms with Gasteiger partial charge in [-0.2, -0.15) is 0 Å². The number of fused-ring (bicyclic) bond motifs is 1. The topological polar surface area (TPSA) is 32.3 Å². The second-order valence-electron chi connectivity index (χ2n) is 5.19. The number of anilines is 1. The van der Waals surface area contributed by atoms with Gasteiger partial charge in [0.2, 0.25) is 0 Å². The molecule has 0 aliphatic carbocycles. The highest BCUT2D eigenvalue weighted by Gasteiger charge is 2.12. The Balaban J connectivity index is 1.92. The van der Waals surface area contributed by atoms with Crippen LogP contribution in [0.15, 0.2) is 48.5 Å². The van der Waals surface area contributed by atoms with E-state index < -0.39 is 0 Å². The van der Waals surface area contributed by atoms with Gasteiger partial charge in [0.15, 0.2) is 5.75 Å².